The molecule has 1 N–H and O–H groups in total. The highest BCUT2D eigenvalue weighted by atomic mass is 32.2. The van der Waals surface area contributed by atoms with Gasteiger partial charge in [-0.15, -0.1) is 0 Å². The lowest BCUT2D eigenvalue weighted by atomic mass is 9.65. The lowest BCUT2D eigenvalue weighted by Crippen LogP contribution is -2.44. The molecule has 2 heterocycles. The van der Waals surface area contributed by atoms with Crippen molar-refractivity contribution in [3.63, 3.8) is 0 Å². The van der Waals surface area contributed by atoms with Gasteiger partial charge in [-0.25, -0.2) is 12.8 Å². The van der Waals surface area contributed by atoms with E-state index in [1.807, 2.05) is 24.3 Å². The Balaban J connectivity index is 1.43. The summed E-state index contributed by atoms with van der Waals surface area (Å²) in [6.45, 7) is 2.10. The number of rotatable bonds is 9. The second kappa shape index (κ2) is 11.3. The number of halogens is 1. The van der Waals surface area contributed by atoms with Gasteiger partial charge in [-0.3, -0.25) is 9.52 Å². The topological polar surface area (TPSA) is 97.4 Å². The van der Waals surface area contributed by atoms with Crippen molar-refractivity contribution in [3.05, 3.63) is 71.5 Å². The van der Waals surface area contributed by atoms with E-state index in [0.717, 1.165) is 61.4 Å². The summed E-state index contributed by atoms with van der Waals surface area (Å²) in [4.78, 5) is 18.0. The Bertz CT molecular complexity index is 1630. The molecule has 1 saturated heterocycles. The van der Waals surface area contributed by atoms with E-state index in [-0.39, 0.29) is 28.3 Å². The third-order valence-corrected chi connectivity index (χ3v) is 10.3. The van der Waals surface area contributed by atoms with Gasteiger partial charge < -0.3 is 24.0 Å². The number of hydrogen-bond acceptors (Lipinski definition) is 7. The Labute approximate surface area is 251 Å². The fourth-order valence-corrected chi connectivity index (χ4v) is 7.50. The fourth-order valence-electron chi connectivity index (χ4n) is 6.31. The average molecular weight is 610 g/mol. The SMILES string of the molecule is COc1ccc(CN2C(=O)C3(CCC3)c3cc(NS(=O)(=O)c4ccc(F)cc4OC)cc(OC4CCN(C)CC4)c32)cc1. The molecule has 1 spiro atoms. The van der Waals surface area contributed by atoms with Gasteiger partial charge in [0.2, 0.25) is 5.91 Å². The summed E-state index contributed by atoms with van der Waals surface area (Å²) in [5, 5.41) is 0. The van der Waals surface area contributed by atoms with Gasteiger partial charge in [0.05, 0.1) is 37.6 Å². The van der Waals surface area contributed by atoms with E-state index >= 15 is 0 Å². The molecule has 0 bridgehead atoms. The molecule has 228 valence electrons. The van der Waals surface area contributed by atoms with Crippen LogP contribution in [0.25, 0.3) is 0 Å². The number of piperidine rings is 1. The first kappa shape index (κ1) is 29.3. The predicted octanol–water partition coefficient (Wildman–Crippen LogP) is 5.09. The van der Waals surface area contributed by atoms with Crippen LogP contribution in [0.4, 0.5) is 15.8 Å². The average Bonchev–Trinajstić information content (AvgIpc) is 3.21. The molecule has 0 radical (unpaired) electrons. The number of methoxy groups -OCH3 is 2. The molecule has 2 fully saturated rings. The Hall–Kier alpha value is -3.83. The molecule has 3 aromatic carbocycles. The third kappa shape index (κ3) is 5.40. The van der Waals surface area contributed by atoms with Gasteiger partial charge in [-0.2, -0.15) is 0 Å². The highest BCUT2D eigenvalue weighted by molar-refractivity contribution is 7.92. The van der Waals surface area contributed by atoms with Gasteiger partial charge in [0.1, 0.15) is 34.1 Å². The van der Waals surface area contributed by atoms with Gasteiger partial charge in [-0.1, -0.05) is 18.6 Å². The zero-order valence-electron chi connectivity index (χ0n) is 24.6. The van der Waals surface area contributed by atoms with Crippen LogP contribution in [0.1, 0.15) is 43.2 Å². The number of amides is 1. The molecule has 0 atom stereocenters. The number of sulfonamides is 1. The standard InChI is InChI=1S/C32H36FN3O6S/c1-35-15-11-25(12-16-35)42-28-19-23(34-43(38,39)29-10-7-22(33)17-27(29)41-3)18-26-30(28)36(31(37)32(26)13-4-14-32)20-21-5-8-24(40-2)9-6-21/h5-10,17-19,25,34H,4,11-16,20H2,1-3H3. The summed E-state index contributed by atoms with van der Waals surface area (Å²) < 4.78 is 60.7. The van der Waals surface area contributed by atoms with Crippen molar-refractivity contribution in [2.45, 2.75) is 55.1 Å². The highest BCUT2D eigenvalue weighted by Gasteiger charge is 2.55. The number of fused-ring (bicyclic) bond motifs is 2. The lowest BCUT2D eigenvalue weighted by Gasteiger charge is -2.37. The Kier molecular flexibility index (Phi) is 7.72. The van der Waals surface area contributed by atoms with Crippen LogP contribution in [0.3, 0.4) is 0 Å². The predicted molar refractivity (Wildman–Crippen MR) is 161 cm³/mol. The number of nitrogens with zero attached hydrogens (tertiary/aromatic N) is 2. The maximum Gasteiger partial charge on any atom is 0.265 e. The van der Waals surface area contributed by atoms with Gasteiger partial charge >= 0.3 is 0 Å². The zero-order valence-corrected chi connectivity index (χ0v) is 25.4. The van der Waals surface area contributed by atoms with Crippen LogP contribution < -0.4 is 23.8 Å². The summed E-state index contributed by atoms with van der Waals surface area (Å²) in [6.07, 6.45) is 3.79. The first-order valence-corrected chi connectivity index (χ1v) is 16.0. The van der Waals surface area contributed by atoms with Crippen LogP contribution in [0, 0.1) is 5.82 Å². The third-order valence-electron chi connectivity index (χ3n) is 8.85. The molecule has 11 heteroatoms. The molecule has 0 aromatic heterocycles. The summed E-state index contributed by atoms with van der Waals surface area (Å²) in [7, 11) is 0.805. The van der Waals surface area contributed by atoms with Gasteiger partial charge in [0.25, 0.3) is 10.0 Å². The molecule has 1 saturated carbocycles. The molecule has 3 aliphatic rings. The largest absolute Gasteiger partial charge is 0.497 e. The van der Waals surface area contributed by atoms with Crippen LogP contribution in [-0.2, 0) is 26.8 Å². The van der Waals surface area contributed by atoms with E-state index in [2.05, 4.69) is 16.7 Å². The van der Waals surface area contributed by atoms with E-state index < -0.39 is 21.3 Å². The molecule has 6 rings (SSSR count). The summed E-state index contributed by atoms with van der Waals surface area (Å²) in [5.41, 5.74) is 1.95. The summed E-state index contributed by atoms with van der Waals surface area (Å²) in [6, 6.07) is 14.3. The Morgan fingerprint density at radius 1 is 0.977 bits per heavy atom. The molecule has 1 aliphatic carbocycles. The van der Waals surface area contributed by atoms with Crippen molar-refractivity contribution in [2.75, 3.05) is 44.0 Å². The van der Waals surface area contributed by atoms with Crippen LogP contribution in [0.15, 0.2) is 59.5 Å². The van der Waals surface area contributed by atoms with E-state index in [4.69, 9.17) is 14.2 Å². The highest BCUT2D eigenvalue weighted by Crippen LogP contribution is 2.57. The van der Waals surface area contributed by atoms with Crippen molar-refractivity contribution < 1.29 is 31.8 Å². The Morgan fingerprint density at radius 3 is 2.33 bits per heavy atom. The monoisotopic (exact) mass is 609 g/mol. The van der Waals surface area contributed by atoms with Crippen molar-refractivity contribution in [1.82, 2.24) is 4.90 Å². The molecule has 9 nitrogen and oxygen atoms in total. The van der Waals surface area contributed by atoms with E-state index in [1.54, 1.807) is 24.1 Å². The van der Waals surface area contributed by atoms with Crippen molar-refractivity contribution >= 4 is 27.3 Å². The quantitative estimate of drug-likeness (QED) is 0.361. The zero-order chi connectivity index (χ0) is 30.4. The summed E-state index contributed by atoms with van der Waals surface area (Å²) >= 11 is 0. The number of likely N-dealkylation sites (tertiary alicyclic amines) is 1. The van der Waals surface area contributed by atoms with Crippen molar-refractivity contribution in [3.8, 4) is 17.2 Å². The van der Waals surface area contributed by atoms with Crippen LogP contribution in [0.5, 0.6) is 17.2 Å². The number of carbonyl (C=O) groups excluding carboxylic acids is 1. The van der Waals surface area contributed by atoms with Gasteiger partial charge in [-0.05, 0) is 74.2 Å². The smallest absolute Gasteiger partial charge is 0.265 e. The first-order valence-electron chi connectivity index (χ1n) is 14.5. The molecule has 0 unspecified atom stereocenters. The van der Waals surface area contributed by atoms with Crippen LogP contribution in [-0.4, -0.2) is 59.7 Å². The summed E-state index contributed by atoms with van der Waals surface area (Å²) in [5.74, 6) is 0.491. The molecule has 3 aromatic rings. The fraction of sp³-hybridized carbons (Fsp3) is 0.406. The maximum atomic E-state index is 14.2. The number of carbonyl (C=O) groups is 1. The lowest BCUT2D eigenvalue weighted by molar-refractivity contribution is -0.126. The molecular formula is C32H36FN3O6S. The molecule has 43 heavy (non-hydrogen) atoms. The molecule has 1 amide bonds. The second-order valence-electron chi connectivity index (χ2n) is 11.6. The van der Waals surface area contributed by atoms with E-state index in [0.29, 0.717) is 30.8 Å². The Morgan fingerprint density at radius 2 is 1.70 bits per heavy atom. The maximum absolute atomic E-state index is 14.2. The minimum atomic E-state index is -4.17. The van der Waals surface area contributed by atoms with E-state index in [1.165, 1.54) is 13.2 Å². The number of hydrogen-bond donors (Lipinski definition) is 1. The molecular weight excluding hydrogens is 573 g/mol. The normalized spacial score (nSPS) is 18.3. The number of ether oxygens (including phenoxy) is 3. The number of benzene rings is 3. The van der Waals surface area contributed by atoms with E-state index in [9.17, 15) is 17.6 Å². The molecule has 2 aliphatic heterocycles. The van der Waals surface area contributed by atoms with Gasteiger partial charge in [0, 0.05) is 25.2 Å². The van der Waals surface area contributed by atoms with Gasteiger partial charge in [0.15, 0.2) is 0 Å². The minimum absolute atomic E-state index is 0.00185. The van der Waals surface area contributed by atoms with Crippen LogP contribution >= 0.6 is 0 Å². The second-order valence-corrected chi connectivity index (χ2v) is 13.2. The first-order chi connectivity index (χ1) is 20.6. The van der Waals surface area contributed by atoms with Crippen molar-refractivity contribution in [2.24, 2.45) is 0 Å². The number of anilines is 2. The van der Waals surface area contributed by atoms with Crippen LogP contribution in [0.2, 0.25) is 0 Å². The number of nitrogens with one attached hydrogen (secondary N) is 1. The minimum Gasteiger partial charge on any atom is -0.497 e. The van der Waals surface area contributed by atoms with Crippen molar-refractivity contribution in [1.29, 1.82) is 0 Å².